The van der Waals surface area contributed by atoms with Gasteiger partial charge in [0.15, 0.2) is 0 Å². The zero-order valence-electron chi connectivity index (χ0n) is 9.78. The molecule has 90 valence electrons. The Morgan fingerprint density at radius 1 is 1.35 bits per heavy atom. The molecule has 3 nitrogen and oxygen atoms in total. The molecule has 0 fully saturated rings. The van der Waals surface area contributed by atoms with E-state index < -0.39 is 0 Å². The van der Waals surface area contributed by atoms with E-state index in [4.69, 9.17) is 0 Å². The van der Waals surface area contributed by atoms with Gasteiger partial charge in [-0.1, -0.05) is 19.1 Å². The Labute approximate surface area is 115 Å². The largest absolute Gasteiger partial charge is 0.349 e. The lowest BCUT2D eigenvalue weighted by atomic mass is 10.0. The average Bonchev–Trinajstić information content (AvgIpc) is 2.82. The highest BCUT2D eigenvalue weighted by molar-refractivity contribution is 14.1. The lowest BCUT2D eigenvalue weighted by Crippen LogP contribution is -2.23. The predicted molar refractivity (Wildman–Crippen MR) is 77.9 cm³/mol. The van der Waals surface area contributed by atoms with Crippen LogP contribution in [0, 0.1) is 3.57 Å². The molecule has 1 aromatic heterocycles. The zero-order valence-corrected chi connectivity index (χ0v) is 11.9. The second-order valence-corrected chi connectivity index (χ2v) is 5.15. The minimum absolute atomic E-state index is 0.322. The maximum absolute atomic E-state index is 4.28. The van der Waals surface area contributed by atoms with Crippen molar-refractivity contribution in [1.29, 1.82) is 0 Å². The highest BCUT2D eigenvalue weighted by Gasteiger charge is 2.12. The normalized spacial score (nSPS) is 12.6. The topological polar surface area (TPSA) is 40.7 Å². The summed E-state index contributed by atoms with van der Waals surface area (Å²) in [5.74, 6) is 1.02. The number of halogens is 1. The molecule has 0 aliphatic rings. The summed E-state index contributed by atoms with van der Waals surface area (Å²) < 4.78 is 1.26. The van der Waals surface area contributed by atoms with Crippen LogP contribution in [-0.4, -0.2) is 16.5 Å². The molecule has 4 heteroatoms. The number of likely N-dealkylation sites (N-methyl/N-ethyl adjacent to an activating group) is 1. The van der Waals surface area contributed by atoms with E-state index in [1.165, 1.54) is 9.13 Å². The van der Waals surface area contributed by atoms with Crippen LogP contribution in [0.1, 0.15) is 24.4 Å². The predicted octanol–water partition coefficient (Wildman–Crippen LogP) is 2.91. The quantitative estimate of drug-likeness (QED) is 0.821. The molecule has 1 atom stereocenters. The third-order valence-electron chi connectivity index (χ3n) is 2.68. The van der Waals surface area contributed by atoms with E-state index in [0.29, 0.717) is 6.04 Å². The van der Waals surface area contributed by atoms with Gasteiger partial charge in [0.25, 0.3) is 0 Å². The summed E-state index contributed by atoms with van der Waals surface area (Å²) in [6.45, 7) is 3.08. The Hall–Kier alpha value is -0.880. The number of rotatable bonds is 5. The van der Waals surface area contributed by atoms with Gasteiger partial charge < -0.3 is 10.3 Å². The molecule has 2 N–H and O–H groups in total. The molecule has 1 heterocycles. The molecule has 1 unspecified atom stereocenters. The lowest BCUT2D eigenvalue weighted by molar-refractivity contribution is 0.539. The number of nitrogens with one attached hydrogen (secondary N) is 2. The number of hydrogen-bond donors (Lipinski definition) is 2. The molecule has 0 saturated heterocycles. The summed E-state index contributed by atoms with van der Waals surface area (Å²) in [5.41, 5.74) is 1.31. The molecule has 0 radical (unpaired) electrons. The fraction of sp³-hybridized carbons (Fsp3) is 0.308. The first-order valence-corrected chi connectivity index (χ1v) is 6.84. The maximum atomic E-state index is 4.28. The Balaban J connectivity index is 2.13. The summed E-state index contributed by atoms with van der Waals surface area (Å²) in [6, 6.07) is 8.96. The molecule has 0 amide bonds. The number of aromatic nitrogens is 2. The smallest absolute Gasteiger partial charge is 0.107 e. The van der Waals surface area contributed by atoms with E-state index in [9.17, 15) is 0 Å². The molecule has 0 bridgehead atoms. The molecule has 2 aromatic rings. The van der Waals surface area contributed by atoms with Crippen LogP contribution in [-0.2, 0) is 6.42 Å². The van der Waals surface area contributed by atoms with Crippen LogP contribution in [0.15, 0.2) is 36.7 Å². The summed E-state index contributed by atoms with van der Waals surface area (Å²) >= 11 is 2.32. The SMILES string of the molecule is CCNC(Cc1ncc[nH]1)c1ccc(I)cc1. The zero-order chi connectivity index (χ0) is 12.1. The van der Waals surface area contributed by atoms with Gasteiger partial charge >= 0.3 is 0 Å². The number of H-pyrrole nitrogens is 1. The molecule has 2 rings (SSSR count). The van der Waals surface area contributed by atoms with E-state index in [1.54, 1.807) is 6.20 Å². The van der Waals surface area contributed by atoms with Crippen LogP contribution in [0.3, 0.4) is 0 Å². The van der Waals surface area contributed by atoms with Crippen LogP contribution < -0.4 is 5.32 Å². The number of benzene rings is 1. The summed E-state index contributed by atoms with van der Waals surface area (Å²) in [4.78, 5) is 7.44. The molecule has 17 heavy (non-hydrogen) atoms. The fourth-order valence-electron chi connectivity index (χ4n) is 1.85. The maximum Gasteiger partial charge on any atom is 0.107 e. The van der Waals surface area contributed by atoms with Gasteiger partial charge in [-0.05, 0) is 46.8 Å². The monoisotopic (exact) mass is 341 g/mol. The second kappa shape index (κ2) is 6.16. The van der Waals surface area contributed by atoms with Gasteiger partial charge in [-0.3, -0.25) is 0 Å². The van der Waals surface area contributed by atoms with Crippen molar-refractivity contribution < 1.29 is 0 Å². The third-order valence-corrected chi connectivity index (χ3v) is 3.39. The average molecular weight is 341 g/mol. The summed E-state index contributed by atoms with van der Waals surface area (Å²) in [5, 5.41) is 3.49. The molecule has 0 saturated carbocycles. The van der Waals surface area contributed by atoms with Gasteiger partial charge in [-0.15, -0.1) is 0 Å². The van der Waals surface area contributed by atoms with E-state index in [2.05, 4.69) is 69.1 Å². The summed E-state index contributed by atoms with van der Waals surface area (Å²) in [6.07, 6.45) is 4.56. The third kappa shape index (κ3) is 3.54. The van der Waals surface area contributed by atoms with Crippen molar-refractivity contribution in [3.63, 3.8) is 0 Å². The van der Waals surface area contributed by atoms with Crippen LogP contribution in [0.5, 0.6) is 0 Å². The van der Waals surface area contributed by atoms with Crippen molar-refractivity contribution in [3.8, 4) is 0 Å². The first kappa shape index (κ1) is 12.6. The van der Waals surface area contributed by atoms with Crippen LogP contribution in [0.2, 0.25) is 0 Å². The number of hydrogen-bond acceptors (Lipinski definition) is 2. The molecule has 0 aliphatic carbocycles. The standard InChI is InChI=1S/C13H16IN3/c1-2-15-12(9-13-16-7-8-17-13)10-3-5-11(14)6-4-10/h3-8,12,15H,2,9H2,1H3,(H,16,17). The van der Waals surface area contributed by atoms with Crippen LogP contribution in [0.25, 0.3) is 0 Å². The van der Waals surface area contributed by atoms with E-state index >= 15 is 0 Å². The van der Waals surface area contributed by atoms with Gasteiger partial charge in [-0.25, -0.2) is 4.98 Å². The van der Waals surface area contributed by atoms with Crippen molar-refractivity contribution >= 4 is 22.6 Å². The number of aromatic amines is 1. The molecule has 0 aliphatic heterocycles. The first-order chi connectivity index (χ1) is 8.29. The molecular weight excluding hydrogens is 325 g/mol. The highest BCUT2D eigenvalue weighted by atomic mass is 127. The summed E-state index contributed by atoms with van der Waals surface area (Å²) in [7, 11) is 0. The van der Waals surface area contributed by atoms with Crippen molar-refractivity contribution in [2.75, 3.05) is 6.54 Å². The Morgan fingerprint density at radius 2 is 2.12 bits per heavy atom. The molecular formula is C13H16IN3. The Bertz CT molecular complexity index is 436. The van der Waals surface area contributed by atoms with Crippen LogP contribution >= 0.6 is 22.6 Å². The molecule has 0 spiro atoms. The highest BCUT2D eigenvalue weighted by Crippen LogP contribution is 2.18. The number of nitrogens with zero attached hydrogens (tertiary/aromatic N) is 1. The van der Waals surface area contributed by atoms with Gasteiger partial charge in [0.2, 0.25) is 0 Å². The molecule has 1 aromatic carbocycles. The van der Waals surface area contributed by atoms with Crippen molar-refractivity contribution in [1.82, 2.24) is 15.3 Å². The van der Waals surface area contributed by atoms with E-state index in [0.717, 1.165) is 18.8 Å². The van der Waals surface area contributed by atoms with E-state index in [1.807, 2.05) is 6.20 Å². The van der Waals surface area contributed by atoms with Crippen molar-refractivity contribution in [2.45, 2.75) is 19.4 Å². The van der Waals surface area contributed by atoms with Crippen LogP contribution in [0.4, 0.5) is 0 Å². The second-order valence-electron chi connectivity index (χ2n) is 3.90. The van der Waals surface area contributed by atoms with Gasteiger partial charge in [0, 0.05) is 28.4 Å². The van der Waals surface area contributed by atoms with Crippen molar-refractivity contribution in [3.05, 3.63) is 51.6 Å². The van der Waals surface area contributed by atoms with Crippen molar-refractivity contribution in [2.24, 2.45) is 0 Å². The minimum Gasteiger partial charge on any atom is -0.349 e. The van der Waals surface area contributed by atoms with Gasteiger partial charge in [-0.2, -0.15) is 0 Å². The number of imidazole rings is 1. The fourth-order valence-corrected chi connectivity index (χ4v) is 2.21. The Kier molecular flexibility index (Phi) is 4.56. The minimum atomic E-state index is 0.322. The first-order valence-electron chi connectivity index (χ1n) is 5.76. The van der Waals surface area contributed by atoms with Gasteiger partial charge in [0.1, 0.15) is 5.82 Å². The lowest BCUT2D eigenvalue weighted by Gasteiger charge is -2.17. The van der Waals surface area contributed by atoms with E-state index in [-0.39, 0.29) is 0 Å². The van der Waals surface area contributed by atoms with Gasteiger partial charge in [0.05, 0.1) is 0 Å². The Morgan fingerprint density at radius 3 is 2.71 bits per heavy atom.